The lowest BCUT2D eigenvalue weighted by molar-refractivity contribution is -0.164. The van der Waals surface area contributed by atoms with Crippen molar-refractivity contribution in [1.29, 1.82) is 0 Å². The lowest BCUT2D eigenvalue weighted by atomic mass is 9.44. The van der Waals surface area contributed by atoms with E-state index in [0.717, 1.165) is 50.5 Å². The lowest BCUT2D eigenvalue weighted by Gasteiger charge is -2.61. The number of ether oxygens (including phenoxy) is 3. The number of epoxide rings is 1. The summed E-state index contributed by atoms with van der Waals surface area (Å²) in [6.07, 6.45) is 9.27. The molecule has 1 spiro atoms. The smallest absolute Gasteiger partial charge is 0.374 e. The van der Waals surface area contributed by atoms with Crippen molar-refractivity contribution in [2.24, 2.45) is 28.6 Å². The highest BCUT2D eigenvalue weighted by molar-refractivity contribution is 5.86. The summed E-state index contributed by atoms with van der Waals surface area (Å²) in [4.78, 5) is 36.6. The second-order valence-electron chi connectivity index (χ2n) is 13.0. The predicted molar refractivity (Wildman–Crippen MR) is 138 cm³/mol. The van der Waals surface area contributed by atoms with Crippen molar-refractivity contribution in [1.82, 2.24) is 0 Å². The Balaban J connectivity index is 1.23. The van der Waals surface area contributed by atoms with Gasteiger partial charge in [-0.05, 0) is 91.9 Å². The van der Waals surface area contributed by atoms with Gasteiger partial charge in [0.25, 0.3) is 0 Å². The van der Waals surface area contributed by atoms with Crippen LogP contribution in [0.25, 0.3) is 0 Å². The third-order valence-electron chi connectivity index (χ3n) is 11.4. The molecule has 0 N–H and O–H groups in total. The summed E-state index contributed by atoms with van der Waals surface area (Å²) >= 11 is 0. The summed E-state index contributed by atoms with van der Waals surface area (Å²) in [7, 11) is 0. The van der Waals surface area contributed by atoms with Gasteiger partial charge in [0.15, 0.2) is 0 Å². The molecule has 3 heterocycles. The van der Waals surface area contributed by atoms with Gasteiger partial charge in [0.1, 0.15) is 23.9 Å². The van der Waals surface area contributed by atoms with Crippen LogP contribution in [0.1, 0.15) is 87.8 Å². The first kappa shape index (κ1) is 25.1. The maximum Gasteiger partial charge on any atom is 0.374 e. The number of carbonyl (C=O) groups is 2. The molecule has 5 fully saturated rings. The Morgan fingerprint density at radius 2 is 1.82 bits per heavy atom. The number of hydrogen-bond donors (Lipinski definition) is 0. The van der Waals surface area contributed by atoms with Crippen molar-refractivity contribution >= 4 is 11.9 Å². The van der Waals surface area contributed by atoms with Gasteiger partial charge in [-0.25, -0.2) is 9.59 Å². The molecule has 7 rings (SSSR count). The number of esters is 2. The van der Waals surface area contributed by atoms with E-state index in [1.165, 1.54) is 25.5 Å². The molecule has 4 aliphatic carbocycles. The molecule has 39 heavy (non-hydrogen) atoms. The summed E-state index contributed by atoms with van der Waals surface area (Å²) in [5.74, 6) is 0.658. The van der Waals surface area contributed by atoms with Crippen molar-refractivity contribution < 1.29 is 32.6 Å². The van der Waals surface area contributed by atoms with Gasteiger partial charge >= 0.3 is 17.6 Å². The molecule has 0 bridgehead atoms. The minimum atomic E-state index is -0.510. The quantitative estimate of drug-likeness (QED) is 0.385. The molecule has 2 aromatic rings. The van der Waals surface area contributed by atoms with Gasteiger partial charge in [0.05, 0.1) is 12.5 Å². The maximum absolute atomic E-state index is 13.1. The zero-order chi connectivity index (χ0) is 27.2. The minimum absolute atomic E-state index is 0.0167. The molecule has 4 saturated carbocycles. The fraction of sp³-hybridized carbons (Fsp3) is 0.645. The summed E-state index contributed by atoms with van der Waals surface area (Å²) < 4.78 is 29.2. The molecule has 5 aliphatic rings. The first-order valence-electron chi connectivity index (χ1n) is 14.4. The highest BCUT2D eigenvalue weighted by Crippen LogP contribution is 2.78. The molecule has 0 radical (unpaired) electrons. The van der Waals surface area contributed by atoms with Gasteiger partial charge in [-0.15, -0.1) is 0 Å². The second kappa shape index (κ2) is 8.56. The topological polar surface area (TPSA) is 108 Å². The monoisotopic (exact) mass is 536 g/mol. The highest BCUT2D eigenvalue weighted by atomic mass is 16.7. The molecule has 8 heteroatoms. The molecule has 208 valence electrons. The number of rotatable bonds is 4. The van der Waals surface area contributed by atoms with Crippen LogP contribution in [0.3, 0.4) is 0 Å². The van der Waals surface area contributed by atoms with Crippen LogP contribution in [-0.4, -0.2) is 35.9 Å². The van der Waals surface area contributed by atoms with Crippen LogP contribution in [-0.2, 0) is 19.0 Å². The molecule has 0 aromatic carbocycles. The van der Waals surface area contributed by atoms with Gasteiger partial charge in [0, 0.05) is 24.3 Å². The average molecular weight is 537 g/mol. The minimum Gasteiger partial charge on any atom is -0.463 e. The van der Waals surface area contributed by atoms with E-state index in [4.69, 9.17) is 23.0 Å². The van der Waals surface area contributed by atoms with Gasteiger partial charge in [-0.2, -0.15) is 0 Å². The number of hydrogen-bond acceptors (Lipinski definition) is 8. The van der Waals surface area contributed by atoms with Crippen LogP contribution in [0, 0.1) is 28.6 Å². The molecule has 1 unspecified atom stereocenters. The van der Waals surface area contributed by atoms with E-state index in [0.29, 0.717) is 17.8 Å². The van der Waals surface area contributed by atoms with Crippen molar-refractivity contribution in [3.05, 3.63) is 58.5 Å². The standard InChI is InChI=1S/C31H36O8/c1-17(32)37-20-10-12-29(2)19(15-20)7-8-22-21(29)11-13-30(3)25(18-6-9-24(33)36-16-18)26(27-31(22,30)39-27)38-28(34)23-5-4-14-35-23/h4-6,9,14,16,19-22,25-27H,7-8,10-13,15H2,1-3H3/t19-,20+,21?,22-,25+,26-,27-,29+,30-,31-/m1/s1. The molecular formula is C31H36O8. The average Bonchev–Trinajstić information content (AvgIpc) is 3.30. The molecule has 10 atom stereocenters. The van der Waals surface area contributed by atoms with Crippen LogP contribution in [0.5, 0.6) is 0 Å². The Morgan fingerprint density at radius 3 is 2.54 bits per heavy atom. The Hall–Kier alpha value is -2.87. The molecule has 1 saturated heterocycles. The Labute approximate surface area is 227 Å². The van der Waals surface area contributed by atoms with Crippen molar-refractivity contribution in [3.8, 4) is 0 Å². The second-order valence-corrected chi connectivity index (χ2v) is 13.0. The van der Waals surface area contributed by atoms with E-state index in [1.807, 2.05) is 6.07 Å². The molecular weight excluding hydrogens is 500 g/mol. The van der Waals surface area contributed by atoms with Gasteiger partial charge in [-0.1, -0.05) is 13.8 Å². The van der Waals surface area contributed by atoms with Crippen LogP contribution in [0.15, 0.2) is 50.4 Å². The zero-order valence-corrected chi connectivity index (χ0v) is 22.7. The van der Waals surface area contributed by atoms with E-state index in [-0.39, 0.29) is 40.7 Å². The van der Waals surface area contributed by atoms with E-state index >= 15 is 0 Å². The third kappa shape index (κ3) is 3.49. The molecule has 0 amide bonds. The van der Waals surface area contributed by atoms with Crippen LogP contribution in [0.2, 0.25) is 0 Å². The molecule has 8 nitrogen and oxygen atoms in total. The number of carbonyl (C=O) groups excluding carboxylic acids is 2. The fourth-order valence-corrected chi connectivity index (χ4v) is 9.81. The first-order valence-corrected chi connectivity index (χ1v) is 14.4. The largest absolute Gasteiger partial charge is 0.463 e. The van der Waals surface area contributed by atoms with Gasteiger partial charge in [0.2, 0.25) is 5.76 Å². The first-order chi connectivity index (χ1) is 18.7. The zero-order valence-electron chi connectivity index (χ0n) is 22.7. The highest BCUT2D eigenvalue weighted by Gasteiger charge is 2.84. The van der Waals surface area contributed by atoms with Crippen LogP contribution in [0.4, 0.5) is 0 Å². The predicted octanol–water partition coefficient (Wildman–Crippen LogP) is 5.26. The summed E-state index contributed by atoms with van der Waals surface area (Å²) in [6.45, 7) is 6.23. The number of fused-ring (bicyclic) bond motifs is 3. The van der Waals surface area contributed by atoms with Gasteiger partial charge < -0.3 is 23.0 Å². The summed E-state index contributed by atoms with van der Waals surface area (Å²) in [5.41, 5.74) is -0.0630. The Bertz CT molecular complexity index is 1330. The fourth-order valence-electron chi connectivity index (χ4n) is 9.81. The van der Waals surface area contributed by atoms with Crippen molar-refractivity contribution in [2.75, 3.05) is 0 Å². The van der Waals surface area contributed by atoms with Gasteiger partial charge in [-0.3, -0.25) is 4.79 Å². The SMILES string of the molecule is CC(=O)O[C@H]1CC[C@]2(C)C3CC[C@]4(C)[C@@H](c5ccc(=O)oc5)[C@@H](OC(=O)c5ccco5)[C@H]5O[C@]54[C@@H]3CC[C@@H]2C1. The summed E-state index contributed by atoms with van der Waals surface area (Å²) in [6, 6.07) is 6.54. The molecule has 1 aliphatic heterocycles. The number of furan rings is 1. The van der Waals surface area contributed by atoms with Crippen molar-refractivity contribution in [3.63, 3.8) is 0 Å². The molecule has 2 aromatic heterocycles. The van der Waals surface area contributed by atoms with E-state index in [1.54, 1.807) is 12.1 Å². The Kier molecular flexibility index (Phi) is 5.52. The lowest BCUT2D eigenvalue weighted by Crippen LogP contribution is -2.58. The maximum atomic E-state index is 13.1. The van der Waals surface area contributed by atoms with Crippen molar-refractivity contribution in [2.45, 2.75) is 95.5 Å². The third-order valence-corrected chi connectivity index (χ3v) is 11.4. The van der Waals surface area contributed by atoms with E-state index in [9.17, 15) is 14.4 Å². The van der Waals surface area contributed by atoms with E-state index in [2.05, 4.69) is 13.8 Å². The van der Waals surface area contributed by atoms with Crippen LogP contribution < -0.4 is 5.63 Å². The normalized spacial score (nSPS) is 43.8. The van der Waals surface area contributed by atoms with E-state index < -0.39 is 23.3 Å². The summed E-state index contributed by atoms with van der Waals surface area (Å²) in [5, 5.41) is 0. The van der Waals surface area contributed by atoms with Crippen LogP contribution >= 0.6 is 0 Å². The Morgan fingerprint density at radius 1 is 0.974 bits per heavy atom.